The fourth-order valence-electron chi connectivity index (χ4n) is 3.31. The van der Waals surface area contributed by atoms with Crippen LogP contribution >= 0.6 is 0 Å². The van der Waals surface area contributed by atoms with Crippen molar-refractivity contribution in [3.05, 3.63) is 6.33 Å². The van der Waals surface area contributed by atoms with Crippen LogP contribution in [0.3, 0.4) is 0 Å². The molecule has 3 rings (SSSR count). The maximum atomic E-state index is 12.4. The van der Waals surface area contributed by atoms with E-state index in [1.807, 2.05) is 4.90 Å². The highest BCUT2D eigenvalue weighted by Crippen LogP contribution is 2.24. The Morgan fingerprint density at radius 3 is 3.05 bits per heavy atom. The van der Waals surface area contributed by atoms with Crippen molar-refractivity contribution in [2.24, 2.45) is 0 Å². The van der Waals surface area contributed by atoms with Crippen LogP contribution in [0, 0.1) is 0 Å². The Morgan fingerprint density at radius 2 is 2.30 bits per heavy atom. The summed E-state index contributed by atoms with van der Waals surface area (Å²) in [7, 11) is 0. The van der Waals surface area contributed by atoms with Crippen LogP contribution < -0.4 is 5.73 Å². The summed E-state index contributed by atoms with van der Waals surface area (Å²) in [6.45, 7) is 5.34. The number of amides is 1. The standard InChI is InChI=1S/C13H22N6O/c1-10-6-17-5-3-2-4-11(17)7-19(10)12(20)8-18-9-15-13(14)16-18/h9-11H,2-8H2,1H3,(H2,14,16). The summed E-state index contributed by atoms with van der Waals surface area (Å²) < 4.78 is 1.51. The van der Waals surface area contributed by atoms with Crippen molar-refractivity contribution in [3.63, 3.8) is 0 Å². The minimum atomic E-state index is 0.104. The maximum Gasteiger partial charge on any atom is 0.244 e. The van der Waals surface area contributed by atoms with Gasteiger partial charge in [0.1, 0.15) is 12.9 Å². The topological polar surface area (TPSA) is 80.3 Å². The van der Waals surface area contributed by atoms with Gasteiger partial charge in [-0.1, -0.05) is 6.42 Å². The lowest BCUT2D eigenvalue weighted by Crippen LogP contribution is -2.60. The van der Waals surface area contributed by atoms with Crippen LogP contribution in [0.2, 0.25) is 0 Å². The average Bonchev–Trinajstić information content (AvgIpc) is 2.83. The number of hydrogen-bond donors (Lipinski definition) is 1. The first-order valence-electron chi connectivity index (χ1n) is 7.32. The molecule has 0 aromatic carbocycles. The largest absolute Gasteiger partial charge is 0.367 e. The summed E-state index contributed by atoms with van der Waals surface area (Å²) in [4.78, 5) is 20.8. The Kier molecular flexibility index (Phi) is 3.60. The summed E-state index contributed by atoms with van der Waals surface area (Å²) in [5, 5.41) is 3.98. The number of carbonyl (C=O) groups is 1. The molecule has 0 spiro atoms. The number of carbonyl (C=O) groups excluding carboxylic acids is 1. The van der Waals surface area contributed by atoms with Crippen molar-refractivity contribution in [2.75, 3.05) is 25.4 Å². The highest BCUT2D eigenvalue weighted by molar-refractivity contribution is 5.76. The van der Waals surface area contributed by atoms with E-state index in [2.05, 4.69) is 21.9 Å². The lowest BCUT2D eigenvalue weighted by atomic mass is 9.97. The lowest BCUT2D eigenvalue weighted by molar-refractivity contribution is -0.138. The molecule has 7 nitrogen and oxygen atoms in total. The van der Waals surface area contributed by atoms with Crippen LogP contribution in [-0.4, -0.2) is 62.2 Å². The molecule has 0 radical (unpaired) electrons. The fourth-order valence-corrected chi connectivity index (χ4v) is 3.31. The van der Waals surface area contributed by atoms with Gasteiger partial charge in [0, 0.05) is 25.2 Å². The van der Waals surface area contributed by atoms with Gasteiger partial charge in [-0.2, -0.15) is 0 Å². The minimum absolute atomic E-state index is 0.104. The molecule has 110 valence electrons. The van der Waals surface area contributed by atoms with Crippen LogP contribution in [0.25, 0.3) is 0 Å². The molecule has 3 heterocycles. The molecular weight excluding hydrogens is 256 g/mol. The number of rotatable bonds is 2. The van der Waals surface area contributed by atoms with Crippen LogP contribution in [0.15, 0.2) is 6.33 Å². The van der Waals surface area contributed by atoms with E-state index >= 15 is 0 Å². The SMILES string of the molecule is CC1CN2CCCCC2CN1C(=O)Cn1cnc(N)n1. The normalized spacial score (nSPS) is 27.4. The highest BCUT2D eigenvalue weighted by atomic mass is 16.2. The van der Waals surface area contributed by atoms with Crippen LogP contribution in [0.1, 0.15) is 26.2 Å². The first-order chi connectivity index (χ1) is 9.63. The van der Waals surface area contributed by atoms with E-state index in [1.165, 1.54) is 36.8 Å². The molecule has 7 heteroatoms. The number of nitrogens with two attached hydrogens (primary N) is 1. The Labute approximate surface area is 118 Å². The van der Waals surface area contributed by atoms with Crippen molar-refractivity contribution in [2.45, 2.75) is 44.8 Å². The molecular formula is C13H22N6O. The molecule has 1 amide bonds. The van der Waals surface area contributed by atoms with E-state index < -0.39 is 0 Å². The summed E-state index contributed by atoms with van der Waals surface area (Å²) >= 11 is 0. The molecule has 0 saturated carbocycles. The zero-order valence-corrected chi connectivity index (χ0v) is 11.9. The third-order valence-corrected chi connectivity index (χ3v) is 4.36. The zero-order valence-electron chi connectivity index (χ0n) is 11.9. The second-order valence-electron chi connectivity index (χ2n) is 5.84. The number of aromatic nitrogens is 3. The number of piperazine rings is 1. The summed E-state index contributed by atoms with van der Waals surface area (Å²) in [6, 6.07) is 0.794. The Morgan fingerprint density at radius 1 is 1.45 bits per heavy atom. The van der Waals surface area contributed by atoms with Crippen molar-refractivity contribution >= 4 is 11.9 Å². The van der Waals surface area contributed by atoms with Crippen LogP contribution in [0.5, 0.6) is 0 Å². The number of anilines is 1. The van der Waals surface area contributed by atoms with Gasteiger partial charge < -0.3 is 10.6 Å². The van der Waals surface area contributed by atoms with Gasteiger partial charge in [-0.15, -0.1) is 5.10 Å². The molecule has 2 saturated heterocycles. The third kappa shape index (κ3) is 2.63. The first kappa shape index (κ1) is 13.4. The van der Waals surface area contributed by atoms with Crippen molar-refractivity contribution in [1.82, 2.24) is 24.6 Å². The van der Waals surface area contributed by atoms with Gasteiger partial charge in [0.05, 0.1) is 0 Å². The average molecular weight is 278 g/mol. The van der Waals surface area contributed by atoms with Gasteiger partial charge >= 0.3 is 0 Å². The number of piperidine rings is 1. The summed E-state index contributed by atoms with van der Waals surface area (Å²) in [5.41, 5.74) is 5.47. The summed E-state index contributed by atoms with van der Waals surface area (Å²) in [6.07, 6.45) is 5.27. The smallest absolute Gasteiger partial charge is 0.244 e. The molecule has 1 aromatic heterocycles. The second-order valence-corrected chi connectivity index (χ2v) is 5.84. The van der Waals surface area contributed by atoms with E-state index in [1.54, 1.807) is 0 Å². The van der Waals surface area contributed by atoms with Gasteiger partial charge in [-0.3, -0.25) is 9.69 Å². The van der Waals surface area contributed by atoms with E-state index in [-0.39, 0.29) is 24.4 Å². The van der Waals surface area contributed by atoms with E-state index in [0.29, 0.717) is 6.04 Å². The second kappa shape index (κ2) is 5.40. The molecule has 0 bridgehead atoms. The van der Waals surface area contributed by atoms with Crippen molar-refractivity contribution in [1.29, 1.82) is 0 Å². The van der Waals surface area contributed by atoms with Crippen molar-refractivity contribution in [3.8, 4) is 0 Å². The van der Waals surface area contributed by atoms with Crippen molar-refractivity contribution < 1.29 is 4.79 Å². The molecule has 20 heavy (non-hydrogen) atoms. The van der Waals surface area contributed by atoms with Crippen LogP contribution in [0.4, 0.5) is 5.95 Å². The molecule has 2 unspecified atom stereocenters. The predicted octanol–water partition coefficient (Wildman–Crippen LogP) is -0.0545. The molecule has 2 atom stereocenters. The van der Waals surface area contributed by atoms with E-state index in [0.717, 1.165) is 13.1 Å². The quantitative estimate of drug-likeness (QED) is 0.820. The van der Waals surface area contributed by atoms with Gasteiger partial charge in [0.15, 0.2) is 0 Å². The van der Waals surface area contributed by atoms with Gasteiger partial charge in [-0.05, 0) is 26.3 Å². The van der Waals surface area contributed by atoms with Gasteiger partial charge in [0.2, 0.25) is 11.9 Å². The predicted molar refractivity (Wildman–Crippen MR) is 74.8 cm³/mol. The first-order valence-corrected chi connectivity index (χ1v) is 7.32. The Bertz CT molecular complexity index is 487. The molecule has 2 fully saturated rings. The monoisotopic (exact) mass is 278 g/mol. The van der Waals surface area contributed by atoms with Crippen LogP contribution in [-0.2, 0) is 11.3 Å². The molecule has 2 aliphatic rings. The fraction of sp³-hybridized carbons (Fsp3) is 0.769. The van der Waals surface area contributed by atoms with E-state index in [4.69, 9.17) is 5.73 Å². The summed E-state index contributed by atoms with van der Waals surface area (Å²) in [5.74, 6) is 0.315. The number of nitrogen functional groups attached to an aromatic ring is 1. The zero-order chi connectivity index (χ0) is 14.1. The molecule has 1 aromatic rings. The maximum absolute atomic E-state index is 12.4. The molecule has 2 N–H and O–H groups in total. The number of fused-ring (bicyclic) bond motifs is 1. The lowest BCUT2D eigenvalue weighted by Gasteiger charge is -2.47. The number of nitrogens with zero attached hydrogens (tertiary/aromatic N) is 5. The van der Waals surface area contributed by atoms with Gasteiger partial charge in [-0.25, -0.2) is 9.67 Å². The Hall–Kier alpha value is -1.63. The van der Waals surface area contributed by atoms with E-state index in [9.17, 15) is 4.79 Å². The highest BCUT2D eigenvalue weighted by Gasteiger charge is 2.35. The third-order valence-electron chi connectivity index (χ3n) is 4.36. The Balaban J connectivity index is 1.64. The minimum Gasteiger partial charge on any atom is -0.367 e. The molecule has 0 aliphatic carbocycles. The number of hydrogen-bond acceptors (Lipinski definition) is 5. The molecule has 2 aliphatic heterocycles. The van der Waals surface area contributed by atoms with Gasteiger partial charge in [0.25, 0.3) is 0 Å².